The van der Waals surface area contributed by atoms with Crippen molar-refractivity contribution in [1.82, 2.24) is 9.88 Å². The average molecular weight is 318 g/mol. The van der Waals surface area contributed by atoms with Crippen molar-refractivity contribution in [2.24, 2.45) is 11.7 Å². The molecule has 1 aromatic heterocycles. The Morgan fingerprint density at radius 1 is 1.23 bits per heavy atom. The molecule has 1 saturated heterocycles. The lowest BCUT2D eigenvalue weighted by Crippen LogP contribution is -2.41. The van der Waals surface area contributed by atoms with Gasteiger partial charge in [-0.1, -0.05) is 11.6 Å². The summed E-state index contributed by atoms with van der Waals surface area (Å²) in [6.45, 7) is 1.06. The maximum Gasteiger partial charge on any atom is 0.256 e. The molecule has 0 saturated carbocycles. The molecule has 2 amide bonds. The van der Waals surface area contributed by atoms with Crippen molar-refractivity contribution < 1.29 is 9.59 Å². The van der Waals surface area contributed by atoms with E-state index in [4.69, 9.17) is 17.3 Å². The zero-order chi connectivity index (χ0) is 15.7. The number of nitrogens with zero attached hydrogens (tertiary/aromatic N) is 2. The number of halogens is 1. The Morgan fingerprint density at radius 3 is 2.64 bits per heavy atom. The Kier molecular flexibility index (Phi) is 3.98. The van der Waals surface area contributed by atoms with E-state index in [1.165, 1.54) is 0 Å². The van der Waals surface area contributed by atoms with Crippen LogP contribution in [-0.4, -0.2) is 34.8 Å². The highest BCUT2D eigenvalue weighted by atomic mass is 35.5. The van der Waals surface area contributed by atoms with Crippen molar-refractivity contribution in [3.63, 3.8) is 0 Å². The maximum atomic E-state index is 12.7. The zero-order valence-corrected chi connectivity index (χ0v) is 12.7. The van der Waals surface area contributed by atoms with E-state index in [0.29, 0.717) is 42.0 Å². The lowest BCUT2D eigenvalue weighted by molar-refractivity contribution is -0.123. The van der Waals surface area contributed by atoms with E-state index in [-0.39, 0.29) is 17.7 Å². The van der Waals surface area contributed by atoms with Crippen molar-refractivity contribution in [2.75, 3.05) is 13.1 Å². The lowest BCUT2D eigenvalue weighted by Gasteiger charge is -2.30. The molecule has 1 aliphatic heterocycles. The van der Waals surface area contributed by atoms with Crippen molar-refractivity contribution in [3.05, 3.63) is 41.0 Å². The largest absolute Gasteiger partial charge is 0.369 e. The van der Waals surface area contributed by atoms with Crippen LogP contribution in [0.3, 0.4) is 0 Å². The fourth-order valence-corrected chi connectivity index (χ4v) is 3.06. The van der Waals surface area contributed by atoms with Crippen LogP contribution >= 0.6 is 11.6 Å². The number of pyridine rings is 1. The molecule has 0 aliphatic carbocycles. The van der Waals surface area contributed by atoms with Crippen LogP contribution in [0.1, 0.15) is 23.2 Å². The van der Waals surface area contributed by atoms with E-state index in [1.807, 2.05) is 6.07 Å². The van der Waals surface area contributed by atoms with Gasteiger partial charge in [-0.3, -0.25) is 14.6 Å². The number of nitrogens with two attached hydrogens (primary N) is 1. The molecule has 1 fully saturated rings. The minimum absolute atomic E-state index is 0.0803. The van der Waals surface area contributed by atoms with Crippen LogP contribution in [0.2, 0.25) is 5.02 Å². The first-order valence-corrected chi connectivity index (χ1v) is 7.57. The second kappa shape index (κ2) is 5.93. The minimum Gasteiger partial charge on any atom is -0.369 e. The molecule has 5 nitrogen and oxygen atoms in total. The van der Waals surface area contributed by atoms with E-state index in [9.17, 15) is 9.59 Å². The summed E-state index contributed by atoms with van der Waals surface area (Å²) in [4.78, 5) is 30.0. The van der Waals surface area contributed by atoms with Crippen molar-refractivity contribution >= 4 is 34.3 Å². The number of piperidine rings is 1. The maximum absolute atomic E-state index is 12.7. The van der Waals surface area contributed by atoms with Gasteiger partial charge in [0.1, 0.15) is 0 Å². The van der Waals surface area contributed by atoms with Crippen LogP contribution in [0, 0.1) is 5.92 Å². The monoisotopic (exact) mass is 317 g/mol. The van der Waals surface area contributed by atoms with Gasteiger partial charge in [0, 0.05) is 30.6 Å². The van der Waals surface area contributed by atoms with Crippen LogP contribution in [-0.2, 0) is 4.79 Å². The number of fused-ring (bicyclic) bond motifs is 1. The van der Waals surface area contributed by atoms with Crippen molar-refractivity contribution in [1.29, 1.82) is 0 Å². The molecule has 22 heavy (non-hydrogen) atoms. The van der Waals surface area contributed by atoms with Gasteiger partial charge in [-0.25, -0.2) is 0 Å². The Hall–Kier alpha value is -2.14. The molecule has 2 aromatic rings. The van der Waals surface area contributed by atoms with Gasteiger partial charge in [-0.05, 0) is 37.1 Å². The number of carbonyl (C=O) groups excluding carboxylic acids is 2. The van der Waals surface area contributed by atoms with E-state index in [1.54, 1.807) is 29.3 Å². The lowest BCUT2D eigenvalue weighted by atomic mass is 9.95. The number of amides is 2. The number of benzene rings is 1. The molecular formula is C16H16ClN3O2. The number of carbonyl (C=O) groups is 2. The van der Waals surface area contributed by atoms with Gasteiger partial charge in [0.05, 0.1) is 16.1 Å². The van der Waals surface area contributed by atoms with Gasteiger partial charge < -0.3 is 10.6 Å². The number of likely N-dealkylation sites (tertiary alicyclic amines) is 1. The van der Waals surface area contributed by atoms with Crippen LogP contribution in [0.4, 0.5) is 0 Å². The predicted molar refractivity (Wildman–Crippen MR) is 84.6 cm³/mol. The normalized spacial score (nSPS) is 16.0. The van der Waals surface area contributed by atoms with E-state index in [0.717, 1.165) is 5.39 Å². The predicted octanol–water partition coefficient (Wildman–Crippen LogP) is 2.23. The first-order chi connectivity index (χ1) is 10.6. The Labute approximate surface area is 133 Å². The fraction of sp³-hybridized carbons (Fsp3) is 0.312. The van der Waals surface area contributed by atoms with Gasteiger partial charge in [0.15, 0.2) is 0 Å². The Morgan fingerprint density at radius 2 is 1.95 bits per heavy atom. The quantitative estimate of drug-likeness (QED) is 0.922. The third-order valence-electron chi connectivity index (χ3n) is 4.13. The third kappa shape index (κ3) is 2.64. The summed E-state index contributed by atoms with van der Waals surface area (Å²) < 4.78 is 0. The first-order valence-electron chi connectivity index (χ1n) is 7.19. The number of aromatic nitrogens is 1. The molecular weight excluding hydrogens is 302 g/mol. The smallest absolute Gasteiger partial charge is 0.256 e. The molecule has 2 N–H and O–H groups in total. The summed E-state index contributed by atoms with van der Waals surface area (Å²) in [5, 5.41) is 1.34. The number of hydrogen-bond acceptors (Lipinski definition) is 3. The number of rotatable bonds is 2. The summed E-state index contributed by atoms with van der Waals surface area (Å²) in [7, 11) is 0. The SMILES string of the molecule is NC(=O)C1CCN(C(=O)c2ccc(Cl)c3cccnc23)CC1. The zero-order valence-electron chi connectivity index (χ0n) is 12.0. The molecule has 0 spiro atoms. The molecule has 1 aliphatic rings. The molecule has 0 radical (unpaired) electrons. The Bertz CT molecular complexity index is 739. The highest BCUT2D eigenvalue weighted by Gasteiger charge is 2.27. The van der Waals surface area contributed by atoms with E-state index in [2.05, 4.69) is 4.98 Å². The molecule has 3 rings (SSSR count). The topological polar surface area (TPSA) is 76.3 Å². The van der Waals surface area contributed by atoms with Gasteiger partial charge in [0.25, 0.3) is 5.91 Å². The van der Waals surface area contributed by atoms with Crippen LogP contribution in [0.15, 0.2) is 30.5 Å². The summed E-state index contributed by atoms with van der Waals surface area (Å²) >= 11 is 6.16. The van der Waals surface area contributed by atoms with Gasteiger partial charge >= 0.3 is 0 Å². The highest BCUT2D eigenvalue weighted by Crippen LogP contribution is 2.27. The standard InChI is InChI=1S/C16H16ClN3O2/c17-13-4-3-12(14-11(13)2-1-7-19-14)16(22)20-8-5-10(6-9-20)15(18)21/h1-4,7,10H,5-6,8-9H2,(H2,18,21). The van der Waals surface area contributed by atoms with Crippen LogP contribution in [0.5, 0.6) is 0 Å². The third-order valence-corrected chi connectivity index (χ3v) is 4.46. The molecule has 0 unspecified atom stereocenters. The number of hydrogen-bond donors (Lipinski definition) is 1. The summed E-state index contributed by atoms with van der Waals surface area (Å²) in [5.41, 5.74) is 6.47. The molecule has 6 heteroatoms. The summed E-state index contributed by atoms with van der Waals surface area (Å²) in [5.74, 6) is -0.502. The Balaban J connectivity index is 1.88. The first kappa shape index (κ1) is 14.8. The second-order valence-corrected chi connectivity index (χ2v) is 5.87. The van der Waals surface area contributed by atoms with Gasteiger partial charge in [-0.2, -0.15) is 0 Å². The summed E-state index contributed by atoms with van der Waals surface area (Å²) in [6.07, 6.45) is 2.87. The van der Waals surface area contributed by atoms with E-state index >= 15 is 0 Å². The molecule has 2 heterocycles. The van der Waals surface area contributed by atoms with Gasteiger partial charge in [-0.15, -0.1) is 0 Å². The molecule has 1 aromatic carbocycles. The average Bonchev–Trinajstić information content (AvgIpc) is 2.55. The van der Waals surface area contributed by atoms with Gasteiger partial charge in [0.2, 0.25) is 5.91 Å². The fourth-order valence-electron chi connectivity index (χ4n) is 2.85. The van der Waals surface area contributed by atoms with E-state index < -0.39 is 0 Å². The minimum atomic E-state index is -0.286. The van der Waals surface area contributed by atoms with Crippen LogP contribution < -0.4 is 5.73 Å². The molecule has 0 atom stereocenters. The second-order valence-electron chi connectivity index (χ2n) is 5.46. The van der Waals surface area contributed by atoms with Crippen molar-refractivity contribution in [2.45, 2.75) is 12.8 Å². The van der Waals surface area contributed by atoms with Crippen LogP contribution in [0.25, 0.3) is 10.9 Å². The number of primary amides is 1. The highest BCUT2D eigenvalue weighted by molar-refractivity contribution is 6.36. The molecule has 0 bridgehead atoms. The van der Waals surface area contributed by atoms with Crippen molar-refractivity contribution in [3.8, 4) is 0 Å². The molecule has 114 valence electrons. The summed E-state index contributed by atoms with van der Waals surface area (Å²) in [6, 6.07) is 7.07.